The van der Waals surface area contributed by atoms with Gasteiger partial charge in [-0.3, -0.25) is 9.69 Å². The van der Waals surface area contributed by atoms with Gasteiger partial charge < -0.3 is 5.32 Å². The van der Waals surface area contributed by atoms with Crippen LogP contribution in [0.4, 0.5) is 4.39 Å². The summed E-state index contributed by atoms with van der Waals surface area (Å²) in [4.78, 5) is 19.8. The highest BCUT2D eigenvalue weighted by atomic mass is 32.2. The Morgan fingerprint density at radius 1 is 1.29 bits per heavy atom. The highest BCUT2D eigenvalue weighted by molar-refractivity contribution is 8.13. The Morgan fingerprint density at radius 2 is 2.04 bits per heavy atom. The fourth-order valence-electron chi connectivity index (χ4n) is 4.03. The van der Waals surface area contributed by atoms with Crippen molar-refractivity contribution in [2.45, 2.75) is 5.54 Å². The molecule has 0 radical (unpaired) electrons. The van der Waals surface area contributed by atoms with Crippen LogP contribution in [0.15, 0.2) is 72.2 Å². The number of fused-ring (bicyclic) bond motifs is 1. The maximum atomic E-state index is 14.8. The molecule has 1 amide bonds. The Balaban J connectivity index is 1.69. The number of likely N-dealkylation sites (tertiary alicyclic amines) is 1. The van der Waals surface area contributed by atoms with Gasteiger partial charge in [0.1, 0.15) is 11.4 Å². The molecule has 6 heteroatoms. The van der Waals surface area contributed by atoms with Crippen LogP contribution in [0, 0.1) is 11.7 Å². The summed E-state index contributed by atoms with van der Waals surface area (Å²) in [6.45, 7) is 6.00. The van der Waals surface area contributed by atoms with E-state index in [9.17, 15) is 9.18 Å². The number of halogens is 1. The van der Waals surface area contributed by atoms with Gasteiger partial charge in [0.2, 0.25) is 0 Å². The second kappa shape index (κ2) is 7.89. The van der Waals surface area contributed by atoms with Gasteiger partial charge in [0, 0.05) is 42.4 Å². The van der Waals surface area contributed by atoms with Crippen molar-refractivity contribution >= 4 is 22.8 Å². The summed E-state index contributed by atoms with van der Waals surface area (Å²) in [7, 11) is 0. The van der Waals surface area contributed by atoms with E-state index in [-0.39, 0.29) is 17.6 Å². The van der Waals surface area contributed by atoms with Gasteiger partial charge in [-0.05, 0) is 18.2 Å². The molecule has 0 aliphatic carbocycles. The van der Waals surface area contributed by atoms with Gasteiger partial charge in [0.25, 0.3) is 5.91 Å². The van der Waals surface area contributed by atoms with Crippen molar-refractivity contribution in [2.75, 3.05) is 25.4 Å². The predicted octanol–water partition coefficient (Wildman–Crippen LogP) is 3.67. The Labute approximate surface area is 168 Å². The third kappa shape index (κ3) is 3.50. The molecule has 4 rings (SSSR count). The number of carbonyl (C=O) groups excluding carboxylic acids is 1. The topological polar surface area (TPSA) is 44.7 Å². The quantitative estimate of drug-likeness (QED) is 0.804. The number of hydrogen-bond donors (Lipinski definition) is 1. The number of aliphatic imine (C=N–C) groups is 1. The van der Waals surface area contributed by atoms with Gasteiger partial charge in [-0.25, -0.2) is 9.38 Å². The summed E-state index contributed by atoms with van der Waals surface area (Å²) in [5.41, 5.74) is 0.477. The number of nitrogens with zero attached hydrogens (tertiary/aromatic N) is 2. The van der Waals surface area contributed by atoms with Crippen molar-refractivity contribution in [3.63, 3.8) is 0 Å². The lowest BCUT2D eigenvalue weighted by Crippen LogP contribution is -2.43. The molecular formula is C22H22FN3OS. The second-order valence-electron chi connectivity index (χ2n) is 7.13. The molecule has 2 unspecified atom stereocenters. The highest BCUT2D eigenvalue weighted by Gasteiger charge is 2.51. The normalized spacial score (nSPS) is 24.3. The predicted molar refractivity (Wildman–Crippen MR) is 112 cm³/mol. The van der Waals surface area contributed by atoms with E-state index < -0.39 is 5.54 Å². The van der Waals surface area contributed by atoms with Crippen LogP contribution in [0.1, 0.15) is 15.9 Å². The van der Waals surface area contributed by atoms with Crippen molar-refractivity contribution in [1.29, 1.82) is 0 Å². The minimum Gasteiger partial charge on any atom is -0.301 e. The molecule has 2 aliphatic heterocycles. The van der Waals surface area contributed by atoms with Crippen molar-refractivity contribution in [3.05, 3.63) is 84.2 Å². The van der Waals surface area contributed by atoms with Gasteiger partial charge in [-0.15, -0.1) is 6.58 Å². The van der Waals surface area contributed by atoms with E-state index in [2.05, 4.69) is 16.8 Å². The number of benzene rings is 2. The van der Waals surface area contributed by atoms with E-state index in [1.165, 1.54) is 17.8 Å². The van der Waals surface area contributed by atoms with Crippen LogP contribution in [0.5, 0.6) is 0 Å². The van der Waals surface area contributed by atoms with Gasteiger partial charge in [0.15, 0.2) is 5.17 Å². The zero-order valence-electron chi connectivity index (χ0n) is 15.5. The summed E-state index contributed by atoms with van der Waals surface area (Å²) in [5, 5.41) is 3.47. The van der Waals surface area contributed by atoms with Crippen LogP contribution >= 0.6 is 11.8 Å². The van der Waals surface area contributed by atoms with E-state index in [1.807, 2.05) is 36.4 Å². The van der Waals surface area contributed by atoms with E-state index in [4.69, 9.17) is 4.99 Å². The van der Waals surface area contributed by atoms with Gasteiger partial charge in [-0.1, -0.05) is 54.2 Å². The van der Waals surface area contributed by atoms with Crippen LogP contribution in [0.3, 0.4) is 0 Å². The van der Waals surface area contributed by atoms with Gasteiger partial charge in [0.05, 0.1) is 0 Å². The minimum absolute atomic E-state index is 0.173. The van der Waals surface area contributed by atoms with E-state index in [0.29, 0.717) is 22.8 Å². The number of rotatable bonds is 4. The van der Waals surface area contributed by atoms with Gasteiger partial charge >= 0.3 is 0 Å². The molecule has 1 saturated heterocycles. The fourth-order valence-corrected chi connectivity index (χ4v) is 5.16. The molecule has 0 saturated carbocycles. The molecule has 4 nitrogen and oxygen atoms in total. The van der Waals surface area contributed by atoms with Crippen LogP contribution < -0.4 is 5.32 Å². The SMILES string of the molecule is C=CCN1CC2CSC(NC(=O)c3ccccc3)=NC2(c2ccccc2F)C1. The third-order valence-corrected chi connectivity index (χ3v) is 6.36. The molecule has 0 aromatic heterocycles. The zero-order valence-corrected chi connectivity index (χ0v) is 16.3. The van der Waals surface area contributed by atoms with E-state index in [1.54, 1.807) is 18.2 Å². The summed E-state index contributed by atoms with van der Waals surface area (Å²) >= 11 is 1.52. The number of carbonyl (C=O) groups is 1. The fraction of sp³-hybridized carbons (Fsp3) is 0.273. The average Bonchev–Trinajstić information content (AvgIpc) is 3.07. The molecule has 2 aromatic rings. The van der Waals surface area contributed by atoms with Crippen molar-refractivity contribution < 1.29 is 9.18 Å². The van der Waals surface area contributed by atoms with Crippen LogP contribution in [0.25, 0.3) is 0 Å². The first-order valence-electron chi connectivity index (χ1n) is 9.30. The first kappa shape index (κ1) is 18.9. The van der Waals surface area contributed by atoms with E-state index in [0.717, 1.165) is 18.8 Å². The molecule has 0 spiro atoms. The maximum Gasteiger partial charge on any atom is 0.257 e. The molecular weight excluding hydrogens is 373 g/mol. The number of nitrogens with one attached hydrogen (secondary N) is 1. The third-order valence-electron chi connectivity index (χ3n) is 5.32. The number of amidine groups is 1. The number of amides is 1. The first-order valence-corrected chi connectivity index (χ1v) is 10.3. The lowest BCUT2D eigenvalue weighted by Gasteiger charge is -2.35. The Kier molecular flexibility index (Phi) is 5.33. The van der Waals surface area contributed by atoms with Crippen molar-refractivity contribution in [2.24, 2.45) is 10.9 Å². The van der Waals surface area contributed by atoms with Crippen molar-refractivity contribution in [3.8, 4) is 0 Å². The van der Waals surface area contributed by atoms with E-state index >= 15 is 0 Å². The van der Waals surface area contributed by atoms with Crippen LogP contribution in [-0.4, -0.2) is 41.4 Å². The standard InChI is InChI=1S/C22H22FN3OS/c1-2-12-26-13-17-14-28-21(24-20(27)16-8-4-3-5-9-16)25-22(17,15-26)18-10-6-7-11-19(18)23/h2-11,17H,1,12-15H2,(H,24,25,27). The number of hydrogen-bond acceptors (Lipinski definition) is 4. The molecule has 28 heavy (non-hydrogen) atoms. The minimum atomic E-state index is -0.696. The summed E-state index contributed by atoms with van der Waals surface area (Å²) in [5.74, 6) is 0.495. The highest BCUT2D eigenvalue weighted by Crippen LogP contribution is 2.46. The maximum absolute atomic E-state index is 14.8. The van der Waals surface area contributed by atoms with Gasteiger partial charge in [-0.2, -0.15) is 0 Å². The van der Waals surface area contributed by atoms with Crippen molar-refractivity contribution in [1.82, 2.24) is 10.2 Å². The first-order chi connectivity index (χ1) is 13.6. The molecule has 0 bridgehead atoms. The molecule has 144 valence electrons. The lowest BCUT2D eigenvalue weighted by molar-refractivity contribution is 0.0977. The average molecular weight is 396 g/mol. The van der Waals surface area contributed by atoms with Crippen LogP contribution in [0.2, 0.25) is 0 Å². The Morgan fingerprint density at radius 3 is 2.79 bits per heavy atom. The zero-order chi connectivity index (χ0) is 19.6. The Bertz CT molecular complexity index is 917. The largest absolute Gasteiger partial charge is 0.301 e. The number of thioether (sulfide) groups is 1. The summed E-state index contributed by atoms with van der Waals surface area (Å²) < 4.78 is 14.8. The molecule has 2 aromatic carbocycles. The second-order valence-corrected chi connectivity index (χ2v) is 8.14. The Hall–Kier alpha value is -2.44. The monoisotopic (exact) mass is 395 g/mol. The summed E-state index contributed by atoms with van der Waals surface area (Å²) in [6.07, 6.45) is 1.86. The molecule has 2 heterocycles. The lowest BCUT2D eigenvalue weighted by atomic mass is 9.81. The molecule has 1 N–H and O–H groups in total. The molecule has 1 fully saturated rings. The molecule has 2 atom stereocenters. The molecule has 2 aliphatic rings. The van der Waals surface area contributed by atoms with Crippen LogP contribution in [-0.2, 0) is 5.54 Å². The smallest absolute Gasteiger partial charge is 0.257 e. The summed E-state index contributed by atoms with van der Waals surface area (Å²) in [6, 6.07) is 15.9.